The zero-order valence-corrected chi connectivity index (χ0v) is 33.5. The average molecular weight is 774 g/mol. The van der Waals surface area contributed by atoms with Crippen molar-refractivity contribution in [3.05, 3.63) is 281 Å². The molecule has 0 saturated carbocycles. The lowest BCUT2D eigenvalue weighted by Crippen LogP contribution is -2.28. The third-order valence-electron chi connectivity index (χ3n) is 13.9. The molecule has 10 aromatic rings. The Hall–Kier alpha value is -7.74. The highest BCUT2D eigenvalue weighted by Crippen LogP contribution is 2.64. The molecule has 1 nitrogen and oxygen atoms in total. The molecule has 61 heavy (non-hydrogen) atoms. The maximum atomic E-state index is 2.56. The predicted octanol–water partition coefficient (Wildman–Crippen LogP) is 15.0. The predicted molar refractivity (Wildman–Crippen MR) is 252 cm³/mol. The molecule has 0 fully saturated rings. The lowest BCUT2D eigenvalue weighted by molar-refractivity contribution is 0.768. The topological polar surface area (TPSA) is 3.24 Å². The van der Waals surface area contributed by atoms with Crippen molar-refractivity contribution in [2.45, 2.75) is 10.8 Å². The van der Waals surface area contributed by atoms with Gasteiger partial charge in [-0.05, 0) is 102 Å². The Bertz CT molecular complexity index is 3270. The third kappa shape index (κ3) is 4.45. The number of anilines is 3. The van der Waals surface area contributed by atoms with Crippen LogP contribution in [-0.2, 0) is 10.8 Å². The van der Waals surface area contributed by atoms with E-state index in [4.69, 9.17) is 0 Å². The summed E-state index contributed by atoms with van der Waals surface area (Å²) >= 11 is 0. The molecule has 3 aliphatic rings. The number of hydrogen-bond donors (Lipinski definition) is 0. The molecule has 0 saturated heterocycles. The maximum Gasteiger partial charge on any atom is 0.0726 e. The Kier molecular flexibility index (Phi) is 7.21. The number of benzene rings is 10. The van der Waals surface area contributed by atoms with E-state index in [-0.39, 0.29) is 0 Å². The van der Waals surface area contributed by atoms with Crippen LogP contribution in [0.5, 0.6) is 0 Å². The molecule has 0 atom stereocenters. The molecule has 0 unspecified atom stereocenters. The van der Waals surface area contributed by atoms with Crippen LogP contribution >= 0.6 is 0 Å². The van der Waals surface area contributed by atoms with E-state index in [9.17, 15) is 0 Å². The first-order valence-corrected chi connectivity index (χ1v) is 21.4. The van der Waals surface area contributed by atoms with Crippen molar-refractivity contribution in [3.63, 3.8) is 0 Å². The second-order valence-electron chi connectivity index (χ2n) is 16.7. The number of fused-ring (bicyclic) bond motifs is 14. The van der Waals surface area contributed by atoms with Crippen LogP contribution in [0, 0.1) is 0 Å². The lowest BCUT2D eigenvalue weighted by Gasteiger charge is -2.35. The molecular formula is C60H39N. The Balaban J connectivity index is 1.14. The largest absolute Gasteiger partial charge is 0.309 e. The Morgan fingerprint density at radius 1 is 0.279 bits per heavy atom. The molecule has 1 spiro atoms. The summed E-state index contributed by atoms with van der Waals surface area (Å²) in [6.07, 6.45) is 0. The van der Waals surface area contributed by atoms with Gasteiger partial charge >= 0.3 is 0 Å². The van der Waals surface area contributed by atoms with E-state index in [0.717, 1.165) is 17.1 Å². The van der Waals surface area contributed by atoms with Gasteiger partial charge in [0.2, 0.25) is 0 Å². The molecular weight excluding hydrogens is 735 g/mol. The third-order valence-corrected chi connectivity index (χ3v) is 13.9. The van der Waals surface area contributed by atoms with Crippen molar-refractivity contribution in [1.82, 2.24) is 0 Å². The van der Waals surface area contributed by atoms with Gasteiger partial charge in [0.1, 0.15) is 0 Å². The second kappa shape index (κ2) is 12.9. The summed E-state index contributed by atoms with van der Waals surface area (Å²) in [5.41, 5.74) is 20.7. The van der Waals surface area contributed by atoms with Crippen LogP contribution in [0.3, 0.4) is 0 Å². The monoisotopic (exact) mass is 773 g/mol. The molecule has 0 aromatic heterocycles. The second-order valence-corrected chi connectivity index (χ2v) is 16.7. The minimum absolute atomic E-state index is 0.458. The van der Waals surface area contributed by atoms with Gasteiger partial charge in [0.25, 0.3) is 0 Å². The molecule has 0 bridgehead atoms. The fourth-order valence-corrected chi connectivity index (χ4v) is 11.7. The van der Waals surface area contributed by atoms with Gasteiger partial charge < -0.3 is 4.90 Å². The summed E-state index contributed by atoms with van der Waals surface area (Å²) in [5, 5.41) is 2.42. The summed E-state index contributed by atoms with van der Waals surface area (Å²) in [7, 11) is 0. The van der Waals surface area contributed by atoms with Crippen LogP contribution in [0.4, 0.5) is 17.1 Å². The quantitative estimate of drug-likeness (QED) is 0.168. The molecule has 13 rings (SSSR count). The normalized spacial score (nSPS) is 14.2. The molecule has 0 aliphatic heterocycles. The van der Waals surface area contributed by atoms with Gasteiger partial charge in [-0.3, -0.25) is 0 Å². The first-order valence-electron chi connectivity index (χ1n) is 21.4. The van der Waals surface area contributed by atoms with E-state index in [1.807, 2.05) is 0 Å². The van der Waals surface area contributed by atoms with Gasteiger partial charge in [0, 0.05) is 16.6 Å². The smallest absolute Gasteiger partial charge is 0.0726 e. The molecule has 0 heterocycles. The van der Waals surface area contributed by atoms with E-state index in [1.54, 1.807) is 0 Å². The van der Waals surface area contributed by atoms with Gasteiger partial charge in [-0.1, -0.05) is 212 Å². The minimum Gasteiger partial charge on any atom is -0.309 e. The highest BCUT2D eigenvalue weighted by Gasteiger charge is 2.52. The highest BCUT2D eigenvalue weighted by molar-refractivity contribution is 6.04. The molecule has 0 radical (unpaired) electrons. The van der Waals surface area contributed by atoms with Gasteiger partial charge in [0.05, 0.1) is 22.2 Å². The Labute approximate surface area is 356 Å². The van der Waals surface area contributed by atoms with E-state index >= 15 is 0 Å². The first-order chi connectivity index (χ1) is 30.3. The molecule has 284 valence electrons. The van der Waals surface area contributed by atoms with Crippen molar-refractivity contribution in [1.29, 1.82) is 0 Å². The van der Waals surface area contributed by atoms with E-state index in [0.29, 0.717) is 0 Å². The van der Waals surface area contributed by atoms with Crippen LogP contribution in [-0.4, -0.2) is 0 Å². The van der Waals surface area contributed by atoms with E-state index < -0.39 is 10.8 Å². The maximum absolute atomic E-state index is 2.56. The van der Waals surface area contributed by atoms with Gasteiger partial charge in [-0.2, -0.15) is 0 Å². The van der Waals surface area contributed by atoms with Crippen molar-refractivity contribution in [2.75, 3.05) is 4.90 Å². The van der Waals surface area contributed by atoms with Crippen LogP contribution in [0.25, 0.3) is 44.2 Å². The molecule has 3 aliphatic carbocycles. The van der Waals surface area contributed by atoms with Crippen LogP contribution in [0.2, 0.25) is 0 Å². The fourth-order valence-electron chi connectivity index (χ4n) is 11.7. The SMILES string of the molecule is c1ccc(C2(c3ccccc3)c3ccccc3-c3c(N(c4ccc5c(c4)C4(c6ccccc6-c6ccccc64)c4ccccc4-5)c4cccc5ccccc45)cccc32)cc1. The summed E-state index contributed by atoms with van der Waals surface area (Å²) < 4.78 is 0. The van der Waals surface area contributed by atoms with Crippen LogP contribution < -0.4 is 4.90 Å². The van der Waals surface area contributed by atoms with Gasteiger partial charge in [-0.15, -0.1) is 0 Å². The van der Waals surface area contributed by atoms with Crippen molar-refractivity contribution in [2.24, 2.45) is 0 Å². The molecule has 10 aromatic carbocycles. The lowest BCUT2D eigenvalue weighted by atomic mass is 9.68. The van der Waals surface area contributed by atoms with Crippen LogP contribution in [0.15, 0.2) is 237 Å². The van der Waals surface area contributed by atoms with Crippen molar-refractivity contribution in [3.8, 4) is 33.4 Å². The number of hydrogen-bond acceptors (Lipinski definition) is 1. The Morgan fingerprint density at radius 2 is 0.721 bits per heavy atom. The molecule has 1 heteroatoms. The number of nitrogens with zero attached hydrogens (tertiary/aromatic N) is 1. The summed E-state index contributed by atoms with van der Waals surface area (Å²) in [6.45, 7) is 0. The highest BCUT2D eigenvalue weighted by atomic mass is 15.1. The van der Waals surface area contributed by atoms with Crippen LogP contribution in [0.1, 0.15) is 44.5 Å². The minimum atomic E-state index is -0.518. The van der Waals surface area contributed by atoms with Gasteiger partial charge in [0.15, 0.2) is 0 Å². The summed E-state index contributed by atoms with van der Waals surface area (Å²) in [4.78, 5) is 2.56. The molecule has 0 N–H and O–H groups in total. The van der Waals surface area contributed by atoms with Gasteiger partial charge in [-0.25, -0.2) is 0 Å². The fraction of sp³-hybridized carbons (Fsp3) is 0.0333. The zero-order chi connectivity index (χ0) is 40.1. The van der Waals surface area contributed by atoms with E-state index in [2.05, 4.69) is 241 Å². The number of rotatable bonds is 5. The zero-order valence-electron chi connectivity index (χ0n) is 33.5. The standard InChI is InChI=1S/C60H39N/c1-3-21-41(22-4-1)59(42-23-5-2-6-24-42)53-33-16-12-29-49(53)58-54(59)34-18-36-57(58)61(56-35-17-20-40-19-7-8-25-44(40)56)43-37-38-48-47-28-11-15-32-52(47)60(55(48)39-43)50-30-13-9-26-45(50)46-27-10-14-31-51(46)60/h1-39H. The Morgan fingerprint density at radius 3 is 1.34 bits per heavy atom. The van der Waals surface area contributed by atoms with E-state index in [1.165, 1.54) is 88.7 Å². The molecule has 0 amide bonds. The van der Waals surface area contributed by atoms with Crippen molar-refractivity contribution < 1.29 is 0 Å². The summed E-state index contributed by atoms with van der Waals surface area (Å²) in [5.74, 6) is 0. The first kappa shape index (κ1) is 34.2. The van der Waals surface area contributed by atoms with Crippen molar-refractivity contribution >= 4 is 27.8 Å². The summed E-state index contributed by atoms with van der Waals surface area (Å²) in [6, 6.07) is 88.5. The average Bonchev–Trinajstić information content (AvgIpc) is 3.93.